The number of aliphatic carboxylic acids is 1. The molecule has 1 aromatic rings. The Balaban J connectivity index is 2.40. The van der Waals surface area contributed by atoms with Crippen LogP contribution in [-0.2, 0) is 9.59 Å². The molecule has 4 nitrogen and oxygen atoms in total. The summed E-state index contributed by atoms with van der Waals surface area (Å²) in [5, 5.41) is 8.75. The van der Waals surface area contributed by atoms with Crippen molar-refractivity contribution in [3.05, 3.63) is 35.9 Å². The zero-order valence-electron chi connectivity index (χ0n) is 12.0. The normalized spacial score (nSPS) is 16.4. The lowest BCUT2D eigenvalue weighted by Gasteiger charge is -2.41. The van der Waals surface area contributed by atoms with Gasteiger partial charge in [0.25, 0.3) is 0 Å². The lowest BCUT2D eigenvalue weighted by atomic mass is 9.88. The van der Waals surface area contributed by atoms with E-state index in [1.54, 1.807) is 4.90 Å². The van der Waals surface area contributed by atoms with Crippen LogP contribution in [0.25, 0.3) is 5.57 Å². The van der Waals surface area contributed by atoms with Crippen molar-refractivity contribution in [2.45, 2.75) is 39.2 Å². The van der Waals surface area contributed by atoms with Gasteiger partial charge in [0.05, 0.1) is 17.6 Å². The molecule has 1 N–H and O–H groups in total. The maximum Gasteiger partial charge on any atom is 0.303 e. The lowest BCUT2D eigenvalue weighted by Crippen LogP contribution is -2.49. The summed E-state index contributed by atoms with van der Waals surface area (Å²) in [6, 6.07) is 7.72. The van der Waals surface area contributed by atoms with E-state index < -0.39 is 11.5 Å². The van der Waals surface area contributed by atoms with Gasteiger partial charge in [-0.2, -0.15) is 0 Å². The van der Waals surface area contributed by atoms with Crippen LogP contribution in [-0.4, -0.2) is 22.5 Å². The quantitative estimate of drug-likeness (QED) is 0.920. The first-order valence-electron chi connectivity index (χ1n) is 6.66. The highest BCUT2D eigenvalue weighted by Crippen LogP contribution is 2.39. The molecular formula is C16H19NO3. The number of fused-ring (bicyclic) bond motifs is 1. The van der Waals surface area contributed by atoms with E-state index in [-0.39, 0.29) is 18.7 Å². The van der Waals surface area contributed by atoms with Crippen LogP contribution in [0.5, 0.6) is 0 Å². The predicted octanol–water partition coefficient (Wildman–Crippen LogP) is 3.08. The fraction of sp³-hybridized carbons (Fsp3) is 0.375. The maximum absolute atomic E-state index is 12.4. The molecule has 0 aromatic heterocycles. The van der Waals surface area contributed by atoms with E-state index in [4.69, 9.17) is 5.11 Å². The first-order valence-corrected chi connectivity index (χ1v) is 6.66. The number of nitrogens with zero attached hydrogens (tertiary/aromatic N) is 1. The number of benzene rings is 1. The monoisotopic (exact) mass is 273 g/mol. The minimum absolute atomic E-state index is 0.0139. The van der Waals surface area contributed by atoms with Crippen molar-refractivity contribution < 1.29 is 14.7 Å². The third-order valence-corrected chi connectivity index (χ3v) is 3.52. The molecule has 1 heterocycles. The van der Waals surface area contributed by atoms with E-state index in [0.29, 0.717) is 0 Å². The first-order chi connectivity index (χ1) is 9.33. The van der Waals surface area contributed by atoms with E-state index >= 15 is 0 Å². The van der Waals surface area contributed by atoms with Crippen LogP contribution < -0.4 is 4.90 Å². The van der Waals surface area contributed by atoms with Gasteiger partial charge in [0, 0.05) is 12.0 Å². The summed E-state index contributed by atoms with van der Waals surface area (Å²) in [4.78, 5) is 24.8. The van der Waals surface area contributed by atoms with E-state index in [9.17, 15) is 9.59 Å². The van der Waals surface area contributed by atoms with Crippen LogP contribution in [0.4, 0.5) is 5.69 Å². The Morgan fingerprint density at radius 1 is 1.20 bits per heavy atom. The van der Waals surface area contributed by atoms with Gasteiger partial charge in [-0.15, -0.1) is 0 Å². The second-order valence-corrected chi connectivity index (χ2v) is 5.62. The molecule has 0 radical (unpaired) electrons. The Kier molecular flexibility index (Phi) is 3.66. The highest BCUT2D eigenvalue weighted by Gasteiger charge is 2.35. The van der Waals surface area contributed by atoms with Crippen molar-refractivity contribution in [3.8, 4) is 0 Å². The number of para-hydroxylation sites is 1. The summed E-state index contributed by atoms with van der Waals surface area (Å²) in [5.74, 6) is -1.11. The van der Waals surface area contributed by atoms with Crippen LogP contribution >= 0.6 is 0 Å². The topological polar surface area (TPSA) is 57.6 Å². The number of hydrogen-bond acceptors (Lipinski definition) is 2. The van der Waals surface area contributed by atoms with Crippen LogP contribution in [0.2, 0.25) is 0 Å². The van der Waals surface area contributed by atoms with Gasteiger partial charge >= 0.3 is 5.97 Å². The van der Waals surface area contributed by atoms with Crippen molar-refractivity contribution in [1.82, 2.24) is 0 Å². The Labute approximate surface area is 118 Å². The molecule has 0 atom stereocenters. The largest absolute Gasteiger partial charge is 0.481 e. The summed E-state index contributed by atoms with van der Waals surface area (Å²) >= 11 is 0. The molecule has 0 saturated carbocycles. The lowest BCUT2D eigenvalue weighted by molar-refractivity contribution is -0.138. The van der Waals surface area contributed by atoms with E-state index in [0.717, 1.165) is 16.8 Å². The summed E-state index contributed by atoms with van der Waals surface area (Å²) in [6.45, 7) is 5.95. The van der Waals surface area contributed by atoms with Gasteiger partial charge in [-0.25, -0.2) is 0 Å². The van der Waals surface area contributed by atoms with Crippen LogP contribution in [0.3, 0.4) is 0 Å². The van der Waals surface area contributed by atoms with Gasteiger partial charge in [0.1, 0.15) is 0 Å². The minimum Gasteiger partial charge on any atom is -0.481 e. The third-order valence-electron chi connectivity index (χ3n) is 3.52. The highest BCUT2D eigenvalue weighted by atomic mass is 16.4. The molecular weight excluding hydrogens is 254 g/mol. The number of amides is 1. The van der Waals surface area contributed by atoms with Gasteiger partial charge in [-0.3, -0.25) is 9.59 Å². The summed E-state index contributed by atoms with van der Waals surface area (Å²) in [7, 11) is 0. The number of anilines is 1. The maximum atomic E-state index is 12.4. The Bertz CT molecular complexity index is 587. The van der Waals surface area contributed by atoms with Crippen LogP contribution in [0.1, 0.15) is 39.2 Å². The number of allylic oxidation sites excluding steroid dienone is 1. The van der Waals surface area contributed by atoms with Gasteiger partial charge in [0.15, 0.2) is 0 Å². The second kappa shape index (κ2) is 5.12. The zero-order valence-corrected chi connectivity index (χ0v) is 12.0. The number of carbonyl (C=O) groups is 2. The molecule has 20 heavy (non-hydrogen) atoms. The van der Waals surface area contributed by atoms with Crippen LogP contribution in [0.15, 0.2) is 30.3 Å². The van der Waals surface area contributed by atoms with Crippen molar-refractivity contribution in [2.75, 3.05) is 4.90 Å². The number of carboxylic acids is 1. The van der Waals surface area contributed by atoms with Crippen molar-refractivity contribution in [3.63, 3.8) is 0 Å². The smallest absolute Gasteiger partial charge is 0.303 e. The number of rotatable bonds is 3. The standard InChI is InChI=1S/C16H19NO3/c1-11-10-16(2,3)17(14(18)8-9-15(19)20)13-7-5-4-6-12(11)13/h4-7,10H,8-9H2,1-3H3,(H,19,20). The number of carboxylic acid groups (broad SMARTS) is 1. The zero-order chi connectivity index (χ0) is 14.9. The van der Waals surface area contributed by atoms with Crippen LogP contribution in [0, 0.1) is 0 Å². The van der Waals surface area contributed by atoms with Gasteiger partial charge in [-0.05, 0) is 32.4 Å². The van der Waals surface area contributed by atoms with Gasteiger partial charge in [-0.1, -0.05) is 24.3 Å². The number of carbonyl (C=O) groups excluding carboxylic acids is 1. The molecule has 0 fully saturated rings. The van der Waals surface area contributed by atoms with Gasteiger partial charge < -0.3 is 10.0 Å². The fourth-order valence-electron chi connectivity index (χ4n) is 2.77. The molecule has 0 bridgehead atoms. The SMILES string of the molecule is CC1=CC(C)(C)N(C(=O)CCC(=O)O)c2ccccc21. The summed E-state index contributed by atoms with van der Waals surface area (Å²) in [6.07, 6.45) is 1.92. The van der Waals surface area contributed by atoms with E-state index in [1.165, 1.54) is 0 Å². The summed E-state index contributed by atoms with van der Waals surface area (Å²) < 4.78 is 0. The second-order valence-electron chi connectivity index (χ2n) is 5.62. The summed E-state index contributed by atoms with van der Waals surface area (Å²) in [5.41, 5.74) is 2.56. The first kappa shape index (κ1) is 14.3. The average molecular weight is 273 g/mol. The Morgan fingerprint density at radius 2 is 1.85 bits per heavy atom. The number of hydrogen-bond donors (Lipinski definition) is 1. The molecule has 0 unspecified atom stereocenters. The van der Waals surface area contributed by atoms with E-state index in [2.05, 4.69) is 0 Å². The minimum atomic E-state index is -0.951. The van der Waals surface area contributed by atoms with Crippen molar-refractivity contribution >= 4 is 23.1 Å². The molecule has 1 amide bonds. The van der Waals surface area contributed by atoms with Gasteiger partial charge in [0.2, 0.25) is 5.91 Å². The molecule has 0 aliphatic carbocycles. The molecule has 0 saturated heterocycles. The third kappa shape index (κ3) is 2.59. The molecule has 106 valence electrons. The molecule has 1 aromatic carbocycles. The molecule has 0 spiro atoms. The fourth-order valence-corrected chi connectivity index (χ4v) is 2.77. The molecule has 2 rings (SSSR count). The molecule has 1 aliphatic heterocycles. The predicted molar refractivity (Wildman–Crippen MR) is 78.5 cm³/mol. The highest BCUT2D eigenvalue weighted by molar-refractivity contribution is 6.01. The average Bonchev–Trinajstić information content (AvgIpc) is 2.35. The van der Waals surface area contributed by atoms with E-state index in [1.807, 2.05) is 51.1 Å². The molecule has 1 aliphatic rings. The Morgan fingerprint density at radius 3 is 2.50 bits per heavy atom. The van der Waals surface area contributed by atoms with Crippen molar-refractivity contribution in [1.29, 1.82) is 0 Å². The van der Waals surface area contributed by atoms with Crippen molar-refractivity contribution in [2.24, 2.45) is 0 Å². The molecule has 4 heteroatoms. The Hall–Kier alpha value is -2.10.